The van der Waals surface area contributed by atoms with Crippen molar-refractivity contribution in [2.75, 3.05) is 17.4 Å². The first-order valence-electron chi connectivity index (χ1n) is 8.42. The smallest absolute Gasteiger partial charge is 0.239 e. The van der Waals surface area contributed by atoms with Crippen LogP contribution in [0.2, 0.25) is 0 Å². The third kappa shape index (κ3) is 4.19. The van der Waals surface area contributed by atoms with Crippen molar-refractivity contribution in [3.63, 3.8) is 0 Å². The number of nitrogens with one attached hydrogen (secondary N) is 1. The molecular formula is C21H20N4O2. The van der Waals surface area contributed by atoms with Crippen molar-refractivity contribution in [3.8, 4) is 11.1 Å². The molecule has 3 rings (SSSR count). The number of hydrogen-bond acceptors (Lipinski definition) is 4. The molecule has 0 fully saturated rings. The van der Waals surface area contributed by atoms with E-state index in [0.717, 1.165) is 16.8 Å². The van der Waals surface area contributed by atoms with Gasteiger partial charge in [-0.1, -0.05) is 42.0 Å². The minimum Gasteiger partial charge on any atom is -0.340 e. The number of aliphatic imine (C=N–C) groups is 1. The lowest BCUT2D eigenvalue weighted by atomic mass is 10.0. The average Bonchev–Trinajstić information content (AvgIpc) is 2.72. The standard InChI is InChI=1S/C21H20N4O2/c1-15-5-7-16(8-6-15)17-9-11-18(12-10-17)24-20(22-2)19-4-3-13-23-21(19)25(27)14-26/h3-14,27H,1-2H3,(H,22,24). The Morgan fingerprint density at radius 2 is 1.70 bits per heavy atom. The monoisotopic (exact) mass is 360 g/mol. The van der Waals surface area contributed by atoms with Gasteiger partial charge in [0.15, 0.2) is 5.82 Å². The first-order chi connectivity index (χ1) is 13.1. The van der Waals surface area contributed by atoms with E-state index in [1.54, 1.807) is 19.2 Å². The molecule has 0 saturated heterocycles. The molecule has 1 heterocycles. The quantitative estimate of drug-likeness (QED) is 0.238. The molecule has 0 aliphatic heterocycles. The summed E-state index contributed by atoms with van der Waals surface area (Å²) in [7, 11) is 1.63. The fourth-order valence-corrected chi connectivity index (χ4v) is 2.69. The third-order valence-electron chi connectivity index (χ3n) is 4.11. The van der Waals surface area contributed by atoms with E-state index in [9.17, 15) is 10.0 Å². The van der Waals surface area contributed by atoms with Crippen LogP contribution >= 0.6 is 0 Å². The summed E-state index contributed by atoms with van der Waals surface area (Å²) in [6.45, 7) is 2.06. The largest absolute Gasteiger partial charge is 0.340 e. The Hall–Kier alpha value is -3.51. The van der Waals surface area contributed by atoms with Gasteiger partial charge in [0.05, 0.1) is 5.56 Å². The first kappa shape index (κ1) is 18.3. The molecule has 1 aromatic heterocycles. The number of pyridine rings is 1. The molecule has 0 bridgehead atoms. The van der Waals surface area contributed by atoms with E-state index in [0.29, 0.717) is 16.5 Å². The Balaban J connectivity index is 1.84. The van der Waals surface area contributed by atoms with Gasteiger partial charge in [0.25, 0.3) is 0 Å². The van der Waals surface area contributed by atoms with Gasteiger partial charge < -0.3 is 5.32 Å². The molecule has 2 N–H and O–H groups in total. The molecule has 6 nitrogen and oxygen atoms in total. The molecule has 6 heteroatoms. The van der Waals surface area contributed by atoms with Gasteiger partial charge in [-0.2, -0.15) is 5.06 Å². The number of benzene rings is 2. The normalized spacial score (nSPS) is 11.1. The summed E-state index contributed by atoms with van der Waals surface area (Å²) >= 11 is 0. The van der Waals surface area contributed by atoms with Crippen LogP contribution in [0.1, 0.15) is 11.1 Å². The van der Waals surface area contributed by atoms with Gasteiger partial charge in [0.2, 0.25) is 6.41 Å². The minimum absolute atomic E-state index is 0.108. The number of rotatable bonds is 5. The molecule has 0 aliphatic rings. The van der Waals surface area contributed by atoms with Crippen molar-refractivity contribution in [1.29, 1.82) is 0 Å². The topological polar surface area (TPSA) is 77.8 Å². The van der Waals surface area contributed by atoms with E-state index in [-0.39, 0.29) is 12.2 Å². The highest BCUT2D eigenvalue weighted by Gasteiger charge is 2.14. The number of anilines is 2. The lowest BCUT2D eigenvalue weighted by Crippen LogP contribution is -2.23. The Morgan fingerprint density at radius 1 is 1.07 bits per heavy atom. The molecule has 0 saturated carbocycles. The summed E-state index contributed by atoms with van der Waals surface area (Å²) in [6, 6.07) is 19.7. The molecule has 0 atom stereocenters. The zero-order valence-corrected chi connectivity index (χ0v) is 15.1. The highest BCUT2D eigenvalue weighted by Crippen LogP contribution is 2.23. The second kappa shape index (κ2) is 8.25. The number of amides is 1. The highest BCUT2D eigenvalue weighted by molar-refractivity contribution is 6.11. The molecule has 136 valence electrons. The van der Waals surface area contributed by atoms with Crippen LogP contribution in [-0.2, 0) is 4.79 Å². The SMILES string of the molecule is CN=C(Nc1ccc(-c2ccc(C)cc2)cc1)c1cccnc1N(O)C=O. The Kier molecular flexibility index (Phi) is 5.58. The zero-order chi connectivity index (χ0) is 19.2. The van der Waals surface area contributed by atoms with Crippen LogP contribution in [0, 0.1) is 6.92 Å². The number of amidine groups is 1. The number of hydrogen-bond donors (Lipinski definition) is 2. The molecule has 1 amide bonds. The molecule has 3 aromatic rings. The number of hydroxylamine groups is 1. The number of nitrogens with zero attached hydrogens (tertiary/aromatic N) is 3. The molecule has 0 aliphatic carbocycles. The maximum absolute atomic E-state index is 10.9. The van der Waals surface area contributed by atoms with Gasteiger partial charge in [-0.25, -0.2) is 4.98 Å². The molecule has 0 spiro atoms. The van der Waals surface area contributed by atoms with Crippen LogP contribution in [0.25, 0.3) is 11.1 Å². The number of aryl methyl sites for hydroxylation is 1. The van der Waals surface area contributed by atoms with Crippen molar-refractivity contribution >= 4 is 23.8 Å². The summed E-state index contributed by atoms with van der Waals surface area (Å²) in [6.07, 6.45) is 1.78. The fraction of sp³-hybridized carbons (Fsp3) is 0.0952. The van der Waals surface area contributed by atoms with Crippen molar-refractivity contribution in [2.24, 2.45) is 4.99 Å². The van der Waals surface area contributed by atoms with Crippen LogP contribution in [-0.4, -0.2) is 29.5 Å². The zero-order valence-electron chi connectivity index (χ0n) is 15.1. The molecule has 27 heavy (non-hydrogen) atoms. The molecule has 2 aromatic carbocycles. The fourth-order valence-electron chi connectivity index (χ4n) is 2.69. The lowest BCUT2D eigenvalue weighted by molar-refractivity contribution is -0.111. The van der Waals surface area contributed by atoms with Crippen molar-refractivity contribution in [2.45, 2.75) is 6.92 Å². The highest BCUT2D eigenvalue weighted by atomic mass is 16.5. The van der Waals surface area contributed by atoms with Gasteiger partial charge in [-0.05, 0) is 42.3 Å². The van der Waals surface area contributed by atoms with Crippen LogP contribution in [0.3, 0.4) is 0 Å². The summed E-state index contributed by atoms with van der Waals surface area (Å²) in [5, 5.41) is 13.4. The van der Waals surface area contributed by atoms with Gasteiger partial charge >= 0.3 is 0 Å². The van der Waals surface area contributed by atoms with E-state index in [2.05, 4.69) is 46.5 Å². The first-order valence-corrected chi connectivity index (χ1v) is 8.42. The van der Waals surface area contributed by atoms with Gasteiger partial charge in [0, 0.05) is 18.9 Å². The number of carbonyl (C=O) groups excluding carboxylic acids is 1. The second-order valence-corrected chi connectivity index (χ2v) is 5.97. The van der Waals surface area contributed by atoms with Crippen LogP contribution in [0.15, 0.2) is 71.9 Å². The van der Waals surface area contributed by atoms with Gasteiger partial charge in [0.1, 0.15) is 5.84 Å². The Labute approximate surface area is 157 Å². The predicted octanol–water partition coefficient (Wildman–Crippen LogP) is 3.90. The third-order valence-corrected chi connectivity index (χ3v) is 4.11. The summed E-state index contributed by atoms with van der Waals surface area (Å²) in [5.74, 6) is 0.596. The molecule has 0 unspecified atom stereocenters. The predicted molar refractivity (Wildman–Crippen MR) is 107 cm³/mol. The van der Waals surface area contributed by atoms with Gasteiger partial charge in [-0.3, -0.25) is 15.0 Å². The van der Waals surface area contributed by atoms with E-state index >= 15 is 0 Å². The summed E-state index contributed by atoms with van der Waals surface area (Å²) in [4.78, 5) is 19.2. The van der Waals surface area contributed by atoms with E-state index in [1.165, 1.54) is 11.8 Å². The van der Waals surface area contributed by atoms with E-state index < -0.39 is 0 Å². The average molecular weight is 360 g/mol. The van der Waals surface area contributed by atoms with Gasteiger partial charge in [-0.15, -0.1) is 0 Å². The van der Waals surface area contributed by atoms with E-state index in [1.807, 2.05) is 24.3 Å². The van der Waals surface area contributed by atoms with Crippen molar-refractivity contribution in [1.82, 2.24) is 4.98 Å². The van der Waals surface area contributed by atoms with Crippen molar-refractivity contribution in [3.05, 3.63) is 78.0 Å². The van der Waals surface area contributed by atoms with Crippen LogP contribution < -0.4 is 10.4 Å². The van der Waals surface area contributed by atoms with Crippen LogP contribution in [0.4, 0.5) is 11.5 Å². The molecule has 0 radical (unpaired) electrons. The summed E-state index contributed by atoms with van der Waals surface area (Å²) in [5.41, 5.74) is 4.82. The van der Waals surface area contributed by atoms with E-state index in [4.69, 9.17) is 0 Å². The summed E-state index contributed by atoms with van der Waals surface area (Å²) < 4.78 is 0. The maximum atomic E-state index is 10.9. The Bertz CT molecular complexity index is 951. The van der Waals surface area contributed by atoms with Crippen LogP contribution in [0.5, 0.6) is 0 Å². The Morgan fingerprint density at radius 3 is 2.30 bits per heavy atom. The minimum atomic E-state index is 0.108. The lowest BCUT2D eigenvalue weighted by Gasteiger charge is -2.15. The van der Waals surface area contributed by atoms with Crippen molar-refractivity contribution < 1.29 is 10.0 Å². The second-order valence-electron chi connectivity index (χ2n) is 5.97. The number of carbonyl (C=O) groups is 1. The number of aromatic nitrogens is 1. The molecular weight excluding hydrogens is 340 g/mol. The maximum Gasteiger partial charge on any atom is 0.239 e.